The van der Waals surface area contributed by atoms with Gasteiger partial charge in [0.15, 0.2) is 11.5 Å². The van der Waals surface area contributed by atoms with Crippen molar-refractivity contribution in [1.29, 1.82) is 0 Å². The lowest BCUT2D eigenvalue weighted by molar-refractivity contribution is -0.138. The molecule has 0 spiro atoms. The van der Waals surface area contributed by atoms with Crippen molar-refractivity contribution in [2.24, 2.45) is 0 Å². The van der Waals surface area contributed by atoms with Gasteiger partial charge in [-0.1, -0.05) is 19.1 Å². The Morgan fingerprint density at radius 3 is 2.75 bits per heavy atom. The number of benzene rings is 1. The van der Waals surface area contributed by atoms with E-state index in [9.17, 15) is 9.59 Å². The highest BCUT2D eigenvalue weighted by Gasteiger charge is 2.28. The molecule has 20 heavy (non-hydrogen) atoms. The summed E-state index contributed by atoms with van der Waals surface area (Å²) in [7, 11) is 0. The SMILES string of the molecule is CCC(CC(=O)O)NC(=O)C1COc2ccccc2O1. The maximum atomic E-state index is 12.0. The fourth-order valence-electron chi connectivity index (χ4n) is 1.95. The van der Waals surface area contributed by atoms with Gasteiger partial charge >= 0.3 is 5.97 Å². The van der Waals surface area contributed by atoms with Crippen LogP contribution in [0.4, 0.5) is 0 Å². The Balaban J connectivity index is 1.95. The van der Waals surface area contributed by atoms with Crippen molar-refractivity contribution in [3.05, 3.63) is 24.3 Å². The van der Waals surface area contributed by atoms with Gasteiger partial charge < -0.3 is 19.9 Å². The van der Waals surface area contributed by atoms with E-state index in [0.717, 1.165) is 0 Å². The molecule has 1 aromatic rings. The van der Waals surface area contributed by atoms with Gasteiger partial charge in [-0.3, -0.25) is 9.59 Å². The van der Waals surface area contributed by atoms with Crippen LogP contribution in [0.25, 0.3) is 0 Å². The van der Waals surface area contributed by atoms with Crippen molar-refractivity contribution < 1.29 is 24.2 Å². The number of carbonyl (C=O) groups excluding carboxylic acids is 1. The first kappa shape index (κ1) is 14.2. The highest BCUT2D eigenvalue weighted by Crippen LogP contribution is 2.30. The predicted molar refractivity (Wildman–Crippen MR) is 70.8 cm³/mol. The number of nitrogens with one attached hydrogen (secondary N) is 1. The summed E-state index contributed by atoms with van der Waals surface area (Å²) < 4.78 is 11.0. The molecular weight excluding hydrogens is 262 g/mol. The first-order chi connectivity index (χ1) is 9.60. The molecule has 2 unspecified atom stereocenters. The summed E-state index contributed by atoms with van der Waals surface area (Å²) in [5.74, 6) is -0.171. The van der Waals surface area contributed by atoms with Crippen LogP contribution in [0.5, 0.6) is 11.5 Å². The number of amides is 1. The van der Waals surface area contributed by atoms with Crippen molar-refractivity contribution in [3.63, 3.8) is 0 Å². The van der Waals surface area contributed by atoms with E-state index in [0.29, 0.717) is 17.9 Å². The normalized spacial score (nSPS) is 18.1. The van der Waals surface area contributed by atoms with E-state index >= 15 is 0 Å². The van der Waals surface area contributed by atoms with Crippen LogP contribution in [0.15, 0.2) is 24.3 Å². The molecule has 1 aromatic carbocycles. The fraction of sp³-hybridized carbons (Fsp3) is 0.429. The molecule has 0 radical (unpaired) electrons. The van der Waals surface area contributed by atoms with Crippen LogP contribution in [0.2, 0.25) is 0 Å². The minimum absolute atomic E-state index is 0.105. The number of ether oxygens (including phenoxy) is 2. The molecule has 2 atom stereocenters. The summed E-state index contributed by atoms with van der Waals surface area (Å²) in [4.78, 5) is 22.7. The lowest BCUT2D eigenvalue weighted by atomic mass is 10.1. The number of para-hydroxylation sites is 2. The van der Waals surface area contributed by atoms with Crippen LogP contribution in [0.3, 0.4) is 0 Å². The van der Waals surface area contributed by atoms with Gasteiger partial charge in [0.05, 0.1) is 6.42 Å². The lowest BCUT2D eigenvalue weighted by Crippen LogP contribution is -2.48. The van der Waals surface area contributed by atoms with Gasteiger partial charge in [-0.2, -0.15) is 0 Å². The number of fused-ring (bicyclic) bond motifs is 1. The van der Waals surface area contributed by atoms with Crippen molar-refractivity contribution in [1.82, 2.24) is 5.32 Å². The second-order valence-electron chi connectivity index (χ2n) is 4.58. The van der Waals surface area contributed by atoms with Crippen molar-refractivity contribution in [2.45, 2.75) is 31.9 Å². The molecule has 0 fully saturated rings. The summed E-state index contributed by atoms with van der Waals surface area (Å²) in [5.41, 5.74) is 0. The average molecular weight is 279 g/mol. The highest BCUT2D eigenvalue weighted by atomic mass is 16.6. The van der Waals surface area contributed by atoms with Crippen LogP contribution in [-0.2, 0) is 9.59 Å². The van der Waals surface area contributed by atoms with Crippen LogP contribution in [0.1, 0.15) is 19.8 Å². The van der Waals surface area contributed by atoms with Gasteiger partial charge in [-0.15, -0.1) is 0 Å². The summed E-state index contributed by atoms with van der Waals surface area (Å²) >= 11 is 0. The number of carboxylic acids is 1. The standard InChI is InChI=1S/C14H17NO5/c1-2-9(7-13(16)17)15-14(18)12-8-19-10-5-3-4-6-11(10)20-12/h3-6,9,12H,2,7-8H2,1H3,(H,15,18)(H,16,17). The van der Waals surface area contributed by atoms with E-state index in [2.05, 4.69) is 5.32 Å². The minimum atomic E-state index is -0.941. The Labute approximate surface area is 116 Å². The fourth-order valence-corrected chi connectivity index (χ4v) is 1.95. The smallest absolute Gasteiger partial charge is 0.305 e. The van der Waals surface area contributed by atoms with E-state index in [-0.39, 0.29) is 18.9 Å². The molecule has 1 aliphatic heterocycles. The first-order valence-corrected chi connectivity index (χ1v) is 6.50. The minimum Gasteiger partial charge on any atom is -0.485 e. The van der Waals surface area contributed by atoms with Crippen LogP contribution in [0, 0.1) is 0 Å². The zero-order valence-corrected chi connectivity index (χ0v) is 11.2. The van der Waals surface area contributed by atoms with Gasteiger partial charge in [0.1, 0.15) is 6.61 Å². The number of carbonyl (C=O) groups is 2. The summed E-state index contributed by atoms with van der Waals surface area (Å²) in [6.45, 7) is 1.94. The highest BCUT2D eigenvalue weighted by molar-refractivity contribution is 5.82. The number of carboxylic acid groups (broad SMARTS) is 1. The number of hydrogen-bond acceptors (Lipinski definition) is 4. The molecule has 6 nitrogen and oxygen atoms in total. The quantitative estimate of drug-likeness (QED) is 0.846. The molecule has 0 aliphatic carbocycles. The molecule has 0 saturated heterocycles. The molecule has 1 amide bonds. The van der Waals surface area contributed by atoms with Gasteiger partial charge in [-0.25, -0.2) is 0 Å². The number of aliphatic carboxylic acids is 1. The summed E-state index contributed by atoms with van der Waals surface area (Å²) in [5, 5.41) is 11.4. The Hall–Kier alpha value is -2.24. The van der Waals surface area contributed by atoms with E-state index in [1.54, 1.807) is 18.2 Å². The molecule has 0 aromatic heterocycles. The Kier molecular flexibility index (Phi) is 4.45. The number of rotatable bonds is 5. The molecule has 108 valence electrons. The van der Waals surface area contributed by atoms with Crippen LogP contribution < -0.4 is 14.8 Å². The van der Waals surface area contributed by atoms with E-state index in [4.69, 9.17) is 14.6 Å². The molecule has 2 N–H and O–H groups in total. The zero-order valence-electron chi connectivity index (χ0n) is 11.2. The molecule has 0 saturated carbocycles. The third-order valence-corrected chi connectivity index (χ3v) is 3.06. The van der Waals surface area contributed by atoms with Crippen molar-refractivity contribution >= 4 is 11.9 Å². The van der Waals surface area contributed by atoms with Gasteiger partial charge in [0, 0.05) is 6.04 Å². The van der Waals surface area contributed by atoms with E-state index in [1.807, 2.05) is 13.0 Å². The Morgan fingerprint density at radius 1 is 1.40 bits per heavy atom. The summed E-state index contributed by atoms with van der Waals surface area (Å²) in [6.07, 6.45) is -0.318. The van der Waals surface area contributed by atoms with Crippen LogP contribution >= 0.6 is 0 Å². The molecule has 1 aliphatic rings. The molecule has 1 heterocycles. The largest absolute Gasteiger partial charge is 0.485 e. The third kappa shape index (κ3) is 3.40. The Morgan fingerprint density at radius 2 is 2.10 bits per heavy atom. The van der Waals surface area contributed by atoms with Gasteiger partial charge in [0.25, 0.3) is 5.91 Å². The Bertz CT molecular complexity index is 502. The monoisotopic (exact) mass is 279 g/mol. The number of hydrogen-bond donors (Lipinski definition) is 2. The molecule has 2 rings (SSSR count). The van der Waals surface area contributed by atoms with Gasteiger partial charge in [0.2, 0.25) is 6.10 Å². The maximum Gasteiger partial charge on any atom is 0.305 e. The van der Waals surface area contributed by atoms with E-state index in [1.165, 1.54) is 0 Å². The maximum absolute atomic E-state index is 12.0. The zero-order chi connectivity index (χ0) is 14.5. The topological polar surface area (TPSA) is 84.9 Å². The predicted octanol–water partition coefficient (Wildman–Crippen LogP) is 1.20. The van der Waals surface area contributed by atoms with E-state index < -0.39 is 18.1 Å². The van der Waals surface area contributed by atoms with Crippen molar-refractivity contribution in [3.8, 4) is 11.5 Å². The third-order valence-electron chi connectivity index (χ3n) is 3.06. The molecule has 0 bridgehead atoms. The second kappa shape index (κ2) is 6.27. The summed E-state index contributed by atoms with van der Waals surface area (Å²) in [6, 6.07) is 6.71. The molecule has 6 heteroatoms. The first-order valence-electron chi connectivity index (χ1n) is 6.50. The molecular formula is C14H17NO5. The van der Waals surface area contributed by atoms with Gasteiger partial charge in [-0.05, 0) is 18.6 Å². The second-order valence-corrected chi connectivity index (χ2v) is 4.58. The average Bonchev–Trinajstić information content (AvgIpc) is 2.45. The lowest BCUT2D eigenvalue weighted by Gasteiger charge is -2.27. The van der Waals surface area contributed by atoms with Crippen LogP contribution in [-0.4, -0.2) is 35.7 Å². The van der Waals surface area contributed by atoms with Crippen molar-refractivity contribution in [2.75, 3.05) is 6.61 Å².